The molecule has 1 aromatic rings. The third kappa shape index (κ3) is 3.10. The van der Waals surface area contributed by atoms with Crippen molar-refractivity contribution in [2.24, 2.45) is 0 Å². The highest BCUT2D eigenvalue weighted by Gasteiger charge is 2.59. The van der Waals surface area contributed by atoms with E-state index in [0.717, 1.165) is 5.56 Å². The summed E-state index contributed by atoms with van der Waals surface area (Å²) in [4.78, 5) is 13.7. The summed E-state index contributed by atoms with van der Waals surface area (Å²) in [6.07, 6.45) is -6.76. The number of aliphatic hydroxyl groups is 4. The number of hydrogen-bond acceptors (Lipinski definition) is 7. The molecule has 6 atom stereocenters. The van der Waals surface area contributed by atoms with Gasteiger partial charge in [0.2, 0.25) is 5.79 Å². The molecule has 0 saturated carbocycles. The van der Waals surface area contributed by atoms with Gasteiger partial charge in [-0.3, -0.25) is 0 Å². The average molecular weight is 374 g/mol. The van der Waals surface area contributed by atoms with Gasteiger partial charge in [-0.05, 0) is 17.7 Å². The lowest BCUT2D eigenvalue weighted by molar-refractivity contribution is -0.360. The molecular weight excluding hydrogens is 354 g/mol. The number of ether oxygens (including phenoxy) is 2. The molecule has 1 spiro atoms. The van der Waals surface area contributed by atoms with Crippen LogP contribution in [0.1, 0.15) is 18.0 Å². The van der Waals surface area contributed by atoms with Crippen LogP contribution in [0.4, 0.5) is 4.79 Å². The van der Waals surface area contributed by atoms with E-state index < -0.39 is 48.9 Å². The Morgan fingerprint density at radius 3 is 2.48 bits per heavy atom. The third-order valence-electron chi connectivity index (χ3n) is 4.78. The Labute approximate surface area is 149 Å². The van der Waals surface area contributed by atoms with Crippen LogP contribution >= 0.6 is 11.6 Å². The highest BCUT2D eigenvalue weighted by atomic mass is 35.5. The SMILES string of the molecule is CN1C(=O)O[C@]2(C[C@H]1c1ccc(Cl)cc1)O[C@H](CO)[C@@H](O)[C@H](O)[C@H]2O. The van der Waals surface area contributed by atoms with Crippen molar-refractivity contribution in [3.8, 4) is 0 Å². The Morgan fingerprint density at radius 2 is 1.88 bits per heavy atom. The Balaban J connectivity index is 1.96. The molecule has 2 saturated heterocycles. The van der Waals surface area contributed by atoms with Crippen molar-refractivity contribution in [1.29, 1.82) is 0 Å². The molecule has 2 aliphatic heterocycles. The molecule has 0 unspecified atom stereocenters. The van der Waals surface area contributed by atoms with Gasteiger partial charge in [0.25, 0.3) is 0 Å². The number of rotatable bonds is 2. The lowest BCUT2D eigenvalue weighted by atomic mass is 9.85. The lowest BCUT2D eigenvalue weighted by Gasteiger charge is -2.52. The molecule has 2 heterocycles. The predicted molar refractivity (Wildman–Crippen MR) is 85.8 cm³/mol. The Bertz CT molecular complexity index is 640. The minimum absolute atomic E-state index is 0.00167. The van der Waals surface area contributed by atoms with Gasteiger partial charge in [-0.2, -0.15) is 0 Å². The van der Waals surface area contributed by atoms with Crippen LogP contribution in [0.25, 0.3) is 0 Å². The number of halogens is 1. The van der Waals surface area contributed by atoms with Gasteiger partial charge < -0.3 is 34.8 Å². The Hall–Kier alpha value is -1.42. The van der Waals surface area contributed by atoms with Crippen LogP contribution in [-0.2, 0) is 9.47 Å². The number of nitrogens with zero attached hydrogens (tertiary/aromatic N) is 1. The second-order valence-corrected chi connectivity index (χ2v) is 6.76. The molecular formula is C16H20ClNO7. The normalized spacial score (nSPS) is 38.7. The van der Waals surface area contributed by atoms with Gasteiger partial charge in [0, 0.05) is 18.5 Å². The molecule has 8 nitrogen and oxygen atoms in total. The lowest BCUT2D eigenvalue weighted by Crippen LogP contribution is -2.69. The quantitative estimate of drug-likeness (QED) is 0.577. The largest absolute Gasteiger partial charge is 0.414 e. The summed E-state index contributed by atoms with van der Waals surface area (Å²) >= 11 is 5.90. The summed E-state index contributed by atoms with van der Waals surface area (Å²) in [6.45, 7) is -0.605. The summed E-state index contributed by atoms with van der Waals surface area (Å²) in [5, 5.41) is 40.3. The maximum Gasteiger partial charge on any atom is 0.412 e. The molecule has 9 heteroatoms. The van der Waals surface area contributed by atoms with E-state index in [1.54, 1.807) is 31.3 Å². The average Bonchev–Trinajstić information content (AvgIpc) is 2.60. The molecule has 25 heavy (non-hydrogen) atoms. The van der Waals surface area contributed by atoms with Crippen LogP contribution in [0.15, 0.2) is 24.3 Å². The van der Waals surface area contributed by atoms with E-state index in [4.69, 9.17) is 21.1 Å². The van der Waals surface area contributed by atoms with E-state index in [1.807, 2.05) is 0 Å². The molecule has 1 aromatic carbocycles. The fourth-order valence-corrected chi connectivity index (χ4v) is 3.41. The molecule has 3 rings (SSSR count). The number of aliphatic hydroxyl groups excluding tert-OH is 4. The minimum atomic E-state index is -1.88. The van der Waals surface area contributed by atoms with E-state index in [-0.39, 0.29) is 6.42 Å². The number of carbonyl (C=O) groups is 1. The molecule has 0 aliphatic carbocycles. The maximum atomic E-state index is 12.3. The van der Waals surface area contributed by atoms with Gasteiger partial charge in [-0.25, -0.2) is 4.79 Å². The standard InChI is InChI=1S/C16H20ClNO7/c1-18-10(8-2-4-9(17)5-3-8)6-16(25-15(18)23)14(22)13(21)12(20)11(7-19)24-16/h2-5,10-14,19-22H,6-7H2,1H3/t10-,11+,12+,13-,14+,16-/m0/s1. The number of carbonyl (C=O) groups excluding carboxylic acids is 1. The zero-order chi connectivity index (χ0) is 18.4. The fraction of sp³-hybridized carbons (Fsp3) is 0.562. The molecule has 2 aliphatic rings. The number of amides is 1. The highest BCUT2D eigenvalue weighted by Crippen LogP contribution is 2.43. The van der Waals surface area contributed by atoms with E-state index in [9.17, 15) is 25.2 Å². The highest BCUT2D eigenvalue weighted by molar-refractivity contribution is 6.30. The first-order valence-corrected chi connectivity index (χ1v) is 8.21. The molecule has 0 bridgehead atoms. The first kappa shape index (κ1) is 18.4. The van der Waals surface area contributed by atoms with Crippen LogP contribution < -0.4 is 0 Å². The van der Waals surface area contributed by atoms with Crippen LogP contribution in [0.2, 0.25) is 5.02 Å². The van der Waals surface area contributed by atoms with Gasteiger partial charge in [0.05, 0.1) is 12.6 Å². The Morgan fingerprint density at radius 1 is 1.24 bits per heavy atom. The van der Waals surface area contributed by atoms with Gasteiger partial charge in [-0.15, -0.1) is 0 Å². The molecule has 0 aromatic heterocycles. The van der Waals surface area contributed by atoms with Crippen LogP contribution in [0.5, 0.6) is 0 Å². The van der Waals surface area contributed by atoms with Crippen molar-refractivity contribution in [3.05, 3.63) is 34.9 Å². The molecule has 0 radical (unpaired) electrons. The minimum Gasteiger partial charge on any atom is -0.414 e. The van der Waals surface area contributed by atoms with Crippen molar-refractivity contribution >= 4 is 17.7 Å². The molecule has 2 fully saturated rings. The van der Waals surface area contributed by atoms with Crippen molar-refractivity contribution in [3.63, 3.8) is 0 Å². The van der Waals surface area contributed by atoms with E-state index >= 15 is 0 Å². The zero-order valence-electron chi connectivity index (χ0n) is 13.4. The van der Waals surface area contributed by atoms with Gasteiger partial charge in [-0.1, -0.05) is 23.7 Å². The van der Waals surface area contributed by atoms with Gasteiger partial charge in [0.1, 0.15) is 24.4 Å². The first-order chi connectivity index (χ1) is 11.8. The summed E-state index contributed by atoms with van der Waals surface area (Å²) < 4.78 is 10.8. The van der Waals surface area contributed by atoms with Gasteiger partial charge in [0.15, 0.2) is 0 Å². The summed E-state index contributed by atoms with van der Waals surface area (Å²) in [5.41, 5.74) is 0.736. The first-order valence-electron chi connectivity index (χ1n) is 7.83. The number of hydrogen-bond donors (Lipinski definition) is 4. The van der Waals surface area contributed by atoms with Crippen molar-refractivity contribution in [1.82, 2.24) is 4.90 Å². The topological polar surface area (TPSA) is 120 Å². The van der Waals surface area contributed by atoms with Crippen LogP contribution in [0, 0.1) is 0 Å². The van der Waals surface area contributed by atoms with Crippen molar-refractivity contribution < 1.29 is 34.7 Å². The maximum absolute atomic E-state index is 12.3. The van der Waals surface area contributed by atoms with Crippen LogP contribution in [-0.4, -0.2) is 75.3 Å². The summed E-state index contributed by atoms with van der Waals surface area (Å²) in [5.74, 6) is -1.88. The fourth-order valence-electron chi connectivity index (χ4n) is 3.28. The zero-order valence-corrected chi connectivity index (χ0v) is 14.2. The summed E-state index contributed by atoms with van der Waals surface area (Å²) in [6, 6.07) is 6.30. The van der Waals surface area contributed by atoms with E-state index in [2.05, 4.69) is 0 Å². The number of benzene rings is 1. The van der Waals surface area contributed by atoms with Gasteiger partial charge >= 0.3 is 6.09 Å². The monoisotopic (exact) mass is 373 g/mol. The van der Waals surface area contributed by atoms with E-state index in [1.165, 1.54) is 4.90 Å². The predicted octanol–water partition coefficient (Wildman–Crippen LogP) is 0.0233. The molecule has 4 N–H and O–H groups in total. The molecule has 138 valence electrons. The summed E-state index contributed by atoms with van der Waals surface area (Å²) in [7, 11) is 1.54. The molecule has 1 amide bonds. The van der Waals surface area contributed by atoms with Crippen LogP contribution in [0.3, 0.4) is 0 Å². The van der Waals surface area contributed by atoms with Crippen molar-refractivity contribution in [2.45, 2.75) is 42.7 Å². The van der Waals surface area contributed by atoms with Crippen molar-refractivity contribution in [2.75, 3.05) is 13.7 Å². The second kappa shape index (κ2) is 6.71. The Kier molecular flexibility index (Phi) is 4.93. The smallest absolute Gasteiger partial charge is 0.412 e. The third-order valence-corrected chi connectivity index (χ3v) is 5.04. The second-order valence-electron chi connectivity index (χ2n) is 6.33. The van der Waals surface area contributed by atoms with E-state index in [0.29, 0.717) is 5.02 Å².